The molecule has 2 saturated heterocycles. The van der Waals surface area contributed by atoms with E-state index < -0.39 is 5.60 Å². The second-order valence-electron chi connectivity index (χ2n) is 7.28. The van der Waals surface area contributed by atoms with E-state index in [1.54, 1.807) is 7.11 Å². The largest absolute Gasteiger partial charge is 0.495 e. The van der Waals surface area contributed by atoms with E-state index in [1.807, 2.05) is 18.2 Å². The number of para-hydroxylation sites is 2. The van der Waals surface area contributed by atoms with Crippen LogP contribution in [-0.2, 0) is 4.74 Å². The standard InChI is InChI=1S/C20H32N4O3/c1-3-21-19(22-15-20(25)9-12-27-13-10-20)23-16-8-11-24(14-16)17-6-4-5-7-18(17)26-2/h4-7,16,25H,3,8-15H2,1-2H3,(H2,21,22,23). The Hall–Kier alpha value is -1.99. The van der Waals surface area contributed by atoms with Crippen LogP contribution < -0.4 is 20.3 Å². The van der Waals surface area contributed by atoms with Crippen molar-refractivity contribution in [1.29, 1.82) is 0 Å². The van der Waals surface area contributed by atoms with Gasteiger partial charge in [-0.25, -0.2) is 0 Å². The number of guanidine groups is 1. The number of aliphatic imine (C=N–C) groups is 1. The van der Waals surface area contributed by atoms with Crippen molar-refractivity contribution in [2.24, 2.45) is 4.99 Å². The van der Waals surface area contributed by atoms with E-state index in [4.69, 9.17) is 9.47 Å². The fourth-order valence-electron chi connectivity index (χ4n) is 3.64. The molecular weight excluding hydrogens is 344 g/mol. The second kappa shape index (κ2) is 9.28. The molecule has 150 valence electrons. The van der Waals surface area contributed by atoms with Crippen LogP contribution in [-0.4, -0.2) is 69.2 Å². The summed E-state index contributed by atoms with van der Waals surface area (Å²) >= 11 is 0. The Balaban J connectivity index is 1.59. The summed E-state index contributed by atoms with van der Waals surface area (Å²) in [6.45, 7) is 6.31. The number of anilines is 1. The maximum absolute atomic E-state index is 10.6. The van der Waals surface area contributed by atoms with E-state index >= 15 is 0 Å². The topological polar surface area (TPSA) is 78.4 Å². The first-order valence-corrected chi connectivity index (χ1v) is 9.86. The smallest absolute Gasteiger partial charge is 0.191 e. The second-order valence-corrected chi connectivity index (χ2v) is 7.28. The predicted octanol–water partition coefficient (Wildman–Crippen LogP) is 1.37. The minimum Gasteiger partial charge on any atom is -0.495 e. The van der Waals surface area contributed by atoms with Crippen LogP contribution in [0.25, 0.3) is 0 Å². The van der Waals surface area contributed by atoms with Gasteiger partial charge < -0.3 is 30.1 Å². The molecule has 7 heteroatoms. The fraction of sp³-hybridized carbons (Fsp3) is 0.650. The van der Waals surface area contributed by atoms with Gasteiger partial charge in [-0.2, -0.15) is 0 Å². The molecular formula is C20H32N4O3. The molecule has 3 rings (SSSR count). The van der Waals surface area contributed by atoms with Crippen molar-refractivity contribution in [2.75, 3.05) is 51.4 Å². The minimum atomic E-state index is -0.750. The SMILES string of the molecule is CCNC(=NCC1(O)CCOCC1)NC1CCN(c2ccccc2OC)C1. The molecule has 1 aromatic rings. The van der Waals surface area contributed by atoms with Gasteiger partial charge in [0.2, 0.25) is 0 Å². The summed E-state index contributed by atoms with van der Waals surface area (Å²) in [6.07, 6.45) is 2.31. The normalized spacial score (nSPS) is 22.6. The summed E-state index contributed by atoms with van der Waals surface area (Å²) in [6, 6.07) is 8.43. The Labute approximate surface area is 161 Å². The number of hydrogen-bond acceptors (Lipinski definition) is 5. The number of nitrogens with zero attached hydrogens (tertiary/aromatic N) is 2. The Morgan fingerprint density at radius 2 is 2.15 bits per heavy atom. The highest BCUT2D eigenvalue weighted by Gasteiger charge is 2.30. The number of methoxy groups -OCH3 is 1. The molecule has 2 aliphatic rings. The van der Waals surface area contributed by atoms with E-state index in [2.05, 4.69) is 33.5 Å². The van der Waals surface area contributed by atoms with Crippen molar-refractivity contribution in [1.82, 2.24) is 10.6 Å². The van der Waals surface area contributed by atoms with Gasteiger partial charge in [0.25, 0.3) is 0 Å². The van der Waals surface area contributed by atoms with Gasteiger partial charge in [0.1, 0.15) is 5.75 Å². The van der Waals surface area contributed by atoms with Crippen molar-refractivity contribution in [3.8, 4) is 5.75 Å². The van der Waals surface area contributed by atoms with E-state index in [0.29, 0.717) is 38.6 Å². The Morgan fingerprint density at radius 3 is 2.89 bits per heavy atom. The number of hydrogen-bond donors (Lipinski definition) is 3. The highest BCUT2D eigenvalue weighted by molar-refractivity contribution is 5.80. The molecule has 0 aromatic heterocycles. The van der Waals surface area contributed by atoms with E-state index in [1.165, 1.54) is 0 Å². The van der Waals surface area contributed by atoms with Gasteiger partial charge in [-0.1, -0.05) is 12.1 Å². The molecule has 2 fully saturated rings. The first-order chi connectivity index (χ1) is 13.1. The monoisotopic (exact) mass is 376 g/mol. The molecule has 7 nitrogen and oxygen atoms in total. The van der Waals surface area contributed by atoms with Crippen molar-refractivity contribution in [2.45, 2.75) is 37.8 Å². The third-order valence-corrected chi connectivity index (χ3v) is 5.25. The molecule has 0 amide bonds. The van der Waals surface area contributed by atoms with Crippen LogP contribution in [0.3, 0.4) is 0 Å². The zero-order chi connectivity index (χ0) is 19.1. The lowest BCUT2D eigenvalue weighted by molar-refractivity contribution is -0.0566. The average Bonchev–Trinajstić information content (AvgIpc) is 3.15. The number of rotatable bonds is 6. The zero-order valence-electron chi connectivity index (χ0n) is 16.4. The van der Waals surface area contributed by atoms with Crippen LogP contribution in [0.5, 0.6) is 5.75 Å². The van der Waals surface area contributed by atoms with Crippen LogP contribution in [0, 0.1) is 0 Å². The summed E-state index contributed by atoms with van der Waals surface area (Å²) in [7, 11) is 1.71. The minimum absolute atomic E-state index is 0.303. The summed E-state index contributed by atoms with van der Waals surface area (Å²) in [5.41, 5.74) is 0.377. The maximum atomic E-state index is 10.6. The van der Waals surface area contributed by atoms with Crippen LogP contribution >= 0.6 is 0 Å². The highest BCUT2D eigenvalue weighted by atomic mass is 16.5. The van der Waals surface area contributed by atoms with E-state index in [-0.39, 0.29) is 0 Å². The third-order valence-electron chi connectivity index (χ3n) is 5.25. The summed E-state index contributed by atoms with van der Waals surface area (Å²) in [5, 5.41) is 17.5. The van der Waals surface area contributed by atoms with Crippen LogP contribution in [0.2, 0.25) is 0 Å². The zero-order valence-corrected chi connectivity index (χ0v) is 16.4. The summed E-state index contributed by atoms with van der Waals surface area (Å²) in [5.74, 6) is 1.67. The molecule has 1 atom stereocenters. The van der Waals surface area contributed by atoms with E-state index in [9.17, 15) is 5.11 Å². The van der Waals surface area contributed by atoms with Crippen LogP contribution in [0.4, 0.5) is 5.69 Å². The van der Waals surface area contributed by atoms with Gasteiger partial charge in [-0.15, -0.1) is 0 Å². The Kier molecular flexibility index (Phi) is 6.79. The maximum Gasteiger partial charge on any atom is 0.191 e. The van der Waals surface area contributed by atoms with Crippen molar-refractivity contribution >= 4 is 11.6 Å². The van der Waals surface area contributed by atoms with Gasteiger partial charge in [0.05, 0.1) is 24.9 Å². The molecule has 1 unspecified atom stereocenters. The molecule has 2 heterocycles. The molecule has 0 spiro atoms. The summed E-state index contributed by atoms with van der Waals surface area (Å²) in [4.78, 5) is 6.99. The van der Waals surface area contributed by atoms with Crippen molar-refractivity contribution in [3.63, 3.8) is 0 Å². The number of aliphatic hydroxyl groups is 1. The number of nitrogens with one attached hydrogen (secondary N) is 2. The molecule has 1 aromatic carbocycles. The van der Waals surface area contributed by atoms with Crippen molar-refractivity contribution in [3.05, 3.63) is 24.3 Å². The molecule has 0 bridgehead atoms. The molecule has 2 aliphatic heterocycles. The summed E-state index contributed by atoms with van der Waals surface area (Å²) < 4.78 is 10.8. The molecule has 0 saturated carbocycles. The van der Waals surface area contributed by atoms with Crippen LogP contribution in [0.15, 0.2) is 29.3 Å². The lowest BCUT2D eigenvalue weighted by Crippen LogP contribution is -2.46. The predicted molar refractivity (Wildman–Crippen MR) is 108 cm³/mol. The van der Waals surface area contributed by atoms with Gasteiger partial charge >= 0.3 is 0 Å². The molecule has 0 aliphatic carbocycles. The lowest BCUT2D eigenvalue weighted by atomic mass is 9.95. The fourth-order valence-corrected chi connectivity index (χ4v) is 3.64. The highest BCUT2D eigenvalue weighted by Crippen LogP contribution is 2.30. The third kappa shape index (κ3) is 5.26. The first kappa shape index (κ1) is 19.8. The van der Waals surface area contributed by atoms with Crippen molar-refractivity contribution < 1.29 is 14.6 Å². The van der Waals surface area contributed by atoms with Gasteiger partial charge in [-0.05, 0) is 25.5 Å². The first-order valence-electron chi connectivity index (χ1n) is 9.86. The Morgan fingerprint density at radius 1 is 1.37 bits per heavy atom. The van der Waals surface area contributed by atoms with Crippen LogP contribution in [0.1, 0.15) is 26.2 Å². The lowest BCUT2D eigenvalue weighted by Gasteiger charge is -2.30. The average molecular weight is 377 g/mol. The molecule has 3 N–H and O–H groups in total. The molecule has 27 heavy (non-hydrogen) atoms. The number of ether oxygens (including phenoxy) is 2. The molecule has 0 radical (unpaired) electrons. The Bertz CT molecular complexity index is 631. The quantitative estimate of drug-likeness (QED) is 0.514. The number of benzene rings is 1. The van der Waals surface area contributed by atoms with Gasteiger partial charge in [-0.3, -0.25) is 4.99 Å². The van der Waals surface area contributed by atoms with Gasteiger partial charge in [0, 0.05) is 51.7 Å². The van der Waals surface area contributed by atoms with E-state index in [0.717, 1.165) is 43.5 Å². The van der Waals surface area contributed by atoms with Gasteiger partial charge in [0.15, 0.2) is 5.96 Å².